The molecule has 0 N–H and O–H groups in total. The van der Waals surface area contributed by atoms with Crippen molar-refractivity contribution in [2.45, 2.75) is 29.3 Å². The molecule has 0 amide bonds. The van der Waals surface area contributed by atoms with Crippen LogP contribution in [0.3, 0.4) is 0 Å². The maximum absolute atomic E-state index is 13.9. The Kier molecular flexibility index (Phi) is 11.1. The average molecular weight is 717 g/mol. The van der Waals surface area contributed by atoms with Crippen molar-refractivity contribution in [2.75, 3.05) is 49.5 Å². The van der Waals surface area contributed by atoms with E-state index in [4.69, 9.17) is 0 Å². The number of hydrogen-bond acceptors (Lipinski definition) is 8. The van der Waals surface area contributed by atoms with Crippen LogP contribution in [-0.2, 0) is 13.1 Å². The van der Waals surface area contributed by atoms with Gasteiger partial charge in [-0.3, -0.25) is 19.2 Å². The smallest absolute Gasteiger partial charge is 0.263 e. The first-order valence-electron chi connectivity index (χ1n) is 16.7. The molecule has 0 saturated heterocycles. The van der Waals surface area contributed by atoms with Crippen LogP contribution in [-0.4, -0.2) is 61.4 Å². The second-order valence-corrected chi connectivity index (χ2v) is 14.9. The van der Waals surface area contributed by atoms with Gasteiger partial charge in [0, 0.05) is 60.1 Å². The Morgan fingerprint density at radius 1 is 0.569 bits per heavy atom. The van der Waals surface area contributed by atoms with E-state index in [1.165, 1.54) is 23.5 Å². The molecule has 0 spiro atoms. The highest BCUT2D eigenvalue weighted by atomic mass is 32.2. The molecule has 0 atom stereocenters. The molecule has 4 aromatic carbocycles. The van der Waals surface area contributed by atoms with Crippen LogP contribution in [0.2, 0.25) is 0 Å². The van der Waals surface area contributed by atoms with Gasteiger partial charge in [-0.15, -0.1) is 23.5 Å². The lowest BCUT2D eigenvalue weighted by Gasteiger charge is -2.19. The van der Waals surface area contributed by atoms with Gasteiger partial charge in [-0.05, 0) is 65.5 Å². The highest BCUT2D eigenvalue weighted by Crippen LogP contribution is 2.35. The normalized spacial score (nSPS) is 11.2. The summed E-state index contributed by atoms with van der Waals surface area (Å²) in [6.07, 6.45) is 2.06. The maximum atomic E-state index is 13.9. The number of benzene rings is 4. The second-order valence-electron chi connectivity index (χ2n) is 12.7. The fraction of sp³-hybridized carbons (Fsp3) is 0.220. The van der Waals surface area contributed by atoms with Gasteiger partial charge < -0.3 is 18.9 Å². The zero-order chi connectivity index (χ0) is 36.1. The van der Waals surface area contributed by atoms with E-state index in [9.17, 15) is 19.2 Å². The van der Waals surface area contributed by atoms with Gasteiger partial charge in [0.2, 0.25) is 0 Å². The molecule has 0 aliphatic heterocycles. The van der Waals surface area contributed by atoms with Crippen molar-refractivity contribution in [3.63, 3.8) is 0 Å². The Morgan fingerprint density at radius 2 is 0.961 bits per heavy atom. The zero-order valence-electron chi connectivity index (χ0n) is 29.2. The van der Waals surface area contributed by atoms with Crippen molar-refractivity contribution in [2.24, 2.45) is 0 Å². The number of carbonyl (C=O) groups is 2. The Labute approximate surface area is 305 Å². The van der Waals surface area contributed by atoms with Gasteiger partial charge in [0.25, 0.3) is 11.1 Å². The number of aromatic nitrogens is 2. The minimum Gasteiger partial charge on any atom is -0.378 e. The molecule has 0 aliphatic carbocycles. The molecule has 51 heavy (non-hydrogen) atoms. The summed E-state index contributed by atoms with van der Waals surface area (Å²) in [7, 11) is 7.83. The van der Waals surface area contributed by atoms with Crippen LogP contribution in [0.4, 0.5) is 11.4 Å². The maximum Gasteiger partial charge on any atom is 0.263 e. The Balaban J connectivity index is 1.29. The molecule has 0 saturated carbocycles. The van der Waals surface area contributed by atoms with E-state index in [0.29, 0.717) is 53.4 Å². The summed E-state index contributed by atoms with van der Waals surface area (Å²) in [5, 5.41) is 1.70. The van der Waals surface area contributed by atoms with Crippen molar-refractivity contribution in [1.29, 1.82) is 0 Å². The number of hydrogen-bond donors (Lipinski definition) is 0. The minimum absolute atomic E-state index is 0.154. The molecule has 0 bridgehead atoms. The molecular formula is C41H40N4O4S2. The number of fused-ring (bicyclic) bond motifs is 2. The third kappa shape index (κ3) is 7.52. The van der Waals surface area contributed by atoms with Crippen LogP contribution < -0.4 is 20.9 Å². The molecule has 6 rings (SSSR count). The summed E-state index contributed by atoms with van der Waals surface area (Å²) >= 11 is 2.99. The summed E-state index contributed by atoms with van der Waals surface area (Å²) < 4.78 is 3.38. The fourth-order valence-electron chi connectivity index (χ4n) is 6.19. The first-order chi connectivity index (χ1) is 24.7. The molecule has 10 heteroatoms. The van der Waals surface area contributed by atoms with Crippen molar-refractivity contribution < 1.29 is 9.59 Å². The topological polar surface area (TPSA) is 84.6 Å². The second kappa shape index (κ2) is 15.9. The molecule has 0 fully saturated rings. The van der Waals surface area contributed by atoms with E-state index < -0.39 is 0 Å². The van der Waals surface area contributed by atoms with Crippen molar-refractivity contribution in [3.8, 4) is 0 Å². The molecular weight excluding hydrogens is 677 g/mol. The summed E-state index contributed by atoms with van der Waals surface area (Å²) in [5.41, 5.74) is 5.07. The molecule has 260 valence electrons. The molecule has 2 heterocycles. The number of thioether (sulfide) groups is 2. The van der Waals surface area contributed by atoms with Gasteiger partial charge in [0.1, 0.15) is 0 Å². The van der Waals surface area contributed by atoms with Crippen molar-refractivity contribution >= 4 is 69.3 Å². The van der Waals surface area contributed by atoms with Crippen LogP contribution in [0.15, 0.2) is 116 Å². The number of pyridine rings is 2. The molecule has 0 unspecified atom stereocenters. The van der Waals surface area contributed by atoms with Gasteiger partial charge in [0.15, 0.2) is 12.6 Å². The first-order valence-corrected chi connectivity index (χ1v) is 18.7. The number of rotatable bonds is 14. The van der Waals surface area contributed by atoms with E-state index in [-0.39, 0.29) is 22.2 Å². The highest BCUT2D eigenvalue weighted by molar-refractivity contribution is 8.00. The summed E-state index contributed by atoms with van der Waals surface area (Å²) in [6.45, 7) is 0.700. The lowest BCUT2D eigenvalue weighted by Crippen LogP contribution is -2.26. The Bertz CT molecular complexity index is 2170. The fourth-order valence-corrected chi connectivity index (χ4v) is 8.60. The molecule has 8 nitrogen and oxygen atoms in total. The highest BCUT2D eigenvalue weighted by Gasteiger charge is 2.20. The summed E-state index contributed by atoms with van der Waals surface area (Å²) in [4.78, 5) is 58.0. The molecule has 6 aromatic rings. The monoisotopic (exact) mass is 716 g/mol. The number of carbonyl (C=O) groups excluding carboxylic acids is 2. The quantitative estimate of drug-likeness (QED) is 0.0654. The van der Waals surface area contributed by atoms with Crippen LogP contribution in [0, 0.1) is 0 Å². The summed E-state index contributed by atoms with van der Waals surface area (Å²) in [5.74, 6) is 1.26. The van der Waals surface area contributed by atoms with E-state index in [1.54, 1.807) is 9.13 Å². The van der Waals surface area contributed by atoms with E-state index in [2.05, 4.69) is 0 Å². The lowest BCUT2D eigenvalue weighted by atomic mass is 10.1. The van der Waals surface area contributed by atoms with Gasteiger partial charge in [-0.1, -0.05) is 60.7 Å². The van der Waals surface area contributed by atoms with Crippen LogP contribution >= 0.6 is 23.5 Å². The average Bonchev–Trinajstić information content (AvgIpc) is 3.14. The third-order valence-corrected chi connectivity index (χ3v) is 11.3. The first kappa shape index (κ1) is 35.8. The van der Waals surface area contributed by atoms with E-state index in [1.807, 2.05) is 135 Å². The van der Waals surface area contributed by atoms with Gasteiger partial charge in [-0.25, -0.2) is 0 Å². The number of aldehydes is 2. The largest absolute Gasteiger partial charge is 0.378 e. The van der Waals surface area contributed by atoms with Crippen LogP contribution in [0.1, 0.15) is 38.3 Å². The van der Waals surface area contributed by atoms with Crippen LogP contribution in [0.5, 0.6) is 0 Å². The van der Waals surface area contributed by atoms with Gasteiger partial charge in [-0.2, -0.15) is 0 Å². The zero-order valence-corrected chi connectivity index (χ0v) is 30.8. The van der Waals surface area contributed by atoms with Crippen LogP contribution in [0.25, 0.3) is 21.8 Å². The van der Waals surface area contributed by atoms with Crippen molar-refractivity contribution in [1.82, 2.24) is 9.13 Å². The molecule has 2 aromatic heterocycles. The minimum atomic E-state index is -0.315. The molecule has 0 aliphatic rings. The third-order valence-electron chi connectivity index (χ3n) is 8.89. The Morgan fingerprint density at radius 3 is 1.31 bits per heavy atom. The van der Waals surface area contributed by atoms with Crippen molar-refractivity contribution in [3.05, 3.63) is 140 Å². The predicted octanol–water partition coefficient (Wildman–Crippen LogP) is 7.44. The van der Waals surface area contributed by atoms with Gasteiger partial charge in [0.05, 0.1) is 35.2 Å². The molecule has 0 radical (unpaired) electrons. The summed E-state index contributed by atoms with van der Waals surface area (Å²) in [6, 6.07) is 31.5. The standard InChI is InChI=1S/C41H40N4O4S2/c1-42(2)30-16-18-32-36(22-30)44(24-28-12-7-5-8-13-28)40(48)34(26-46)38(32)50-20-11-21-51-39-33-19-17-31(43(3)4)23-37(33)45(41(49)35(39)27-47)25-29-14-9-6-10-15-29/h5-10,12-19,22-23,26-27H,11,20-21,24-25H2,1-4H3. The van der Waals surface area contributed by atoms with E-state index in [0.717, 1.165) is 44.3 Å². The predicted molar refractivity (Wildman–Crippen MR) is 213 cm³/mol. The van der Waals surface area contributed by atoms with Gasteiger partial charge >= 0.3 is 0 Å². The SMILES string of the molecule is CN(C)c1ccc2c(SCCCSc3c(C=O)c(=O)n(Cc4ccccc4)c4cc(N(C)C)ccc34)c(C=O)c(=O)n(Cc3ccccc3)c2c1. The number of anilines is 2. The lowest BCUT2D eigenvalue weighted by molar-refractivity contribution is 0.111. The van der Waals surface area contributed by atoms with E-state index >= 15 is 0 Å². The number of nitrogens with zero attached hydrogens (tertiary/aromatic N) is 4. The Hall–Kier alpha value is -5.06.